The molecule has 0 saturated carbocycles. The van der Waals surface area contributed by atoms with Gasteiger partial charge in [0.25, 0.3) is 0 Å². The topological polar surface area (TPSA) is 158 Å². The maximum absolute atomic E-state index is 9.53. The maximum atomic E-state index is 9.53. The fourth-order valence-corrected chi connectivity index (χ4v) is 0.275. The van der Waals surface area contributed by atoms with Crippen molar-refractivity contribution in [1.82, 2.24) is 0 Å². The van der Waals surface area contributed by atoms with E-state index in [0.29, 0.717) is 24.3 Å². The molecule has 11 heteroatoms. The van der Waals surface area contributed by atoms with Crippen LogP contribution >= 0.6 is 0 Å². The number of carbonyl (C=O) groups excluding carboxylic acids is 3. The molecule has 19 heavy (non-hydrogen) atoms. The minimum Gasteiger partial charge on any atom is -0.545 e. The van der Waals surface area contributed by atoms with Gasteiger partial charge in [0.05, 0.1) is 17.9 Å². The van der Waals surface area contributed by atoms with Crippen LogP contribution in [0.5, 0.6) is 0 Å². The molecule has 0 radical (unpaired) electrons. The van der Waals surface area contributed by atoms with Crippen molar-refractivity contribution in [2.75, 3.05) is 0 Å². The normalized spacial score (nSPS) is 8.00. The predicted molar refractivity (Wildman–Crippen MR) is 40.9 cm³/mol. The van der Waals surface area contributed by atoms with Gasteiger partial charge in [0.1, 0.15) is 0 Å². The molecule has 0 spiro atoms. The minimum absolute atomic E-state index is 0. The fraction of sp³-hybridized carbons (Fsp3) is 0. The fourth-order valence-electron chi connectivity index (χ4n) is 0.275. The Morgan fingerprint density at radius 3 is 0.947 bits per heavy atom. The van der Waals surface area contributed by atoms with Gasteiger partial charge in [-0.1, -0.05) is 0 Å². The number of aliphatic carboxylic acids is 4. The van der Waals surface area contributed by atoms with Gasteiger partial charge in [-0.3, -0.25) is 0 Å². The van der Waals surface area contributed by atoms with Gasteiger partial charge in [-0.2, -0.15) is 0 Å². The van der Waals surface area contributed by atoms with Crippen LogP contribution in [0.25, 0.3) is 0 Å². The second-order valence-corrected chi connectivity index (χ2v) is 1.96. The summed E-state index contributed by atoms with van der Waals surface area (Å²) in [5.41, 5.74) is 0. The minimum atomic E-state index is -1.55. The first kappa shape index (κ1) is 31.6. The Morgan fingerprint density at radius 2 is 0.842 bits per heavy atom. The standard InChI is InChI=1S/2C4H4O4.3Na/c2*5-3(6)1-2-4(7)8;;;/h2*1-2H,(H,5,6)(H,7,8);;;/q;;3*+1/p-3/b2*2-1-;;;. The summed E-state index contributed by atoms with van der Waals surface area (Å²) in [6, 6.07) is 0. The van der Waals surface area contributed by atoms with Gasteiger partial charge < -0.3 is 34.8 Å². The van der Waals surface area contributed by atoms with E-state index in [2.05, 4.69) is 0 Å². The van der Waals surface area contributed by atoms with Crippen molar-refractivity contribution in [2.24, 2.45) is 0 Å². The third kappa shape index (κ3) is 45.8. The molecule has 8 nitrogen and oxygen atoms in total. The number of carboxylic acids is 4. The summed E-state index contributed by atoms with van der Waals surface area (Å²) in [5, 5.41) is 36.1. The second kappa shape index (κ2) is 20.7. The predicted octanol–water partition coefficient (Wildman–Crippen LogP) is -13.6. The van der Waals surface area contributed by atoms with Crippen molar-refractivity contribution in [3.05, 3.63) is 24.3 Å². The van der Waals surface area contributed by atoms with E-state index in [-0.39, 0.29) is 88.7 Å². The van der Waals surface area contributed by atoms with E-state index in [0.717, 1.165) is 0 Å². The first-order chi connectivity index (χ1) is 7.25. The van der Waals surface area contributed by atoms with Gasteiger partial charge in [0.2, 0.25) is 0 Å². The van der Waals surface area contributed by atoms with Crippen LogP contribution in [0.4, 0.5) is 0 Å². The van der Waals surface area contributed by atoms with Crippen LogP contribution in [-0.2, 0) is 19.2 Å². The van der Waals surface area contributed by atoms with Gasteiger partial charge in [0, 0.05) is 6.08 Å². The molecule has 0 aliphatic heterocycles. The van der Waals surface area contributed by atoms with E-state index in [1.54, 1.807) is 0 Å². The summed E-state index contributed by atoms with van der Waals surface area (Å²) < 4.78 is 0. The first-order valence-corrected chi connectivity index (χ1v) is 3.47. The quantitative estimate of drug-likeness (QED) is 0.395. The molecule has 0 amide bonds. The van der Waals surface area contributed by atoms with Crippen molar-refractivity contribution in [2.45, 2.75) is 0 Å². The van der Waals surface area contributed by atoms with Crippen LogP contribution in [0.2, 0.25) is 0 Å². The summed E-state index contributed by atoms with van der Waals surface area (Å²) in [6.07, 6.45) is 1.71. The number of carboxylic acid groups (broad SMARTS) is 4. The van der Waals surface area contributed by atoms with Crippen molar-refractivity contribution in [1.29, 1.82) is 0 Å². The average Bonchev–Trinajstić information content (AvgIpc) is 2.12. The van der Waals surface area contributed by atoms with Gasteiger partial charge >= 0.3 is 94.6 Å². The Bertz CT molecular complexity index is 284. The van der Waals surface area contributed by atoms with Crippen LogP contribution in [-0.4, -0.2) is 29.0 Å². The molecule has 0 aliphatic rings. The van der Waals surface area contributed by atoms with Gasteiger partial charge in [-0.05, 0) is 18.2 Å². The van der Waals surface area contributed by atoms with E-state index in [1.807, 2.05) is 0 Å². The molecular weight excluding hydrogens is 293 g/mol. The van der Waals surface area contributed by atoms with Gasteiger partial charge in [-0.25, -0.2) is 4.79 Å². The van der Waals surface area contributed by atoms with Crippen LogP contribution in [0.1, 0.15) is 0 Å². The zero-order chi connectivity index (χ0) is 13.1. The molecular formula is C8H5Na3O8. The molecule has 0 unspecified atom stereocenters. The molecule has 0 saturated heterocycles. The number of carbonyl (C=O) groups is 4. The molecule has 0 bridgehead atoms. The van der Waals surface area contributed by atoms with E-state index in [1.165, 1.54) is 0 Å². The number of hydrogen-bond acceptors (Lipinski definition) is 7. The van der Waals surface area contributed by atoms with Crippen LogP contribution in [0.3, 0.4) is 0 Å². The smallest absolute Gasteiger partial charge is 0.545 e. The largest absolute Gasteiger partial charge is 1.00 e. The Labute approximate surface area is 174 Å². The Kier molecular flexibility index (Phi) is 34.4. The molecule has 0 aromatic heterocycles. The Morgan fingerprint density at radius 1 is 0.632 bits per heavy atom. The molecule has 0 heterocycles. The molecule has 0 aromatic rings. The third-order valence-electron chi connectivity index (χ3n) is 0.717. The maximum Gasteiger partial charge on any atom is 1.00 e. The van der Waals surface area contributed by atoms with Crippen molar-refractivity contribution in [3.63, 3.8) is 0 Å². The molecule has 0 fully saturated rings. The zero-order valence-corrected chi connectivity index (χ0v) is 16.6. The van der Waals surface area contributed by atoms with E-state index >= 15 is 0 Å². The van der Waals surface area contributed by atoms with Crippen molar-refractivity contribution < 1.29 is 128 Å². The molecule has 0 rings (SSSR count). The Balaban J connectivity index is -0.0000000594. The molecule has 0 aliphatic carbocycles. The Hall–Kier alpha value is 0.360. The van der Waals surface area contributed by atoms with Crippen molar-refractivity contribution >= 4 is 23.9 Å². The molecule has 0 aromatic carbocycles. The molecule has 0 atom stereocenters. The van der Waals surface area contributed by atoms with E-state index in [9.17, 15) is 34.5 Å². The first-order valence-electron chi connectivity index (χ1n) is 3.47. The van der Waals surface area contributed by atoms with Crippen LogP contribution in [0.15, 0.2) is 24.3 Å². The number of hydrogen-bond donors (Lipinski definition) is 1. The summed E-state index contributed by atoms with van der Waals surface area (Å²) in [5.74, 6) is -5.90. The van der Waals surface area contributed by atoms with Crippen LogP contribution < -0.4 is 104 Å². The zero-order valence-electron chi connectivity index (χ0n) is 10.6. The summed E-state index contributed by atoms with van der Waals surface area (Å²) in [7, 11) is 0. The summed E-state index contributed by atoms with van der Waals surface area (Å²) in [4.78, 5) is 37.8. The van der Waals surface area contributed by atoms with Gasteiger partial charge in [0.15, 0.2) is 0 Å². The van der Waals surface area contributed by atoms with Crippen LogP contribution in [0, 0.1) is 0 Å². The number of rotatable bonds is 4. The van der Waals surface area contributed by atoms with E-state index < -0.39 is 23.9 Å². The second-order valence-electron chi connectivity index (χ2n) is 1.96. The SMILES string of the molecule is O=C([O-])/C=C\C(=O)O.O=C([O-])/C=C\C(=O)[O-].[Na+].[Na+].[Na+]. The average molecular weight is 298 g/mol. The molecule has 88 valence electrons. The van der Waals surface area contributed by atoms with Crippen molar-refractivity contribution in [3.8, 4) is 0 Å². The summed E-state index contributed by atoms with van der Waals surface area (Å²) >= 11 is 0. The summed E-state index contributed by atoms with van der Waals surface area (Å²) in [6.45, 7) is 0. The third-order valence-corrected chi connectivity index (χ3v) is 0.717. The monoisotopic (exact) mass is 298 g/mol. The molecule has 1 N–H and O–H groups in total. The van der Waals surface area contributed by atoms with E-state index in [4.69, 9.17) is 5.11 Å². The van der Waals surface area contributed by atoms with Gasteiger partial charge in [-0.15, -0.1) is 0 Å².